The Morgan fingerprint density at radius 1 is 1.48 bits per heavy atom. The lowest BCUT2D eigenvalue weighted by Gasteiger charge is -2.25. The molecule has 0 aromatic carbocycles. The van der Waals surface area contributed by atoms with Gasteiger partial charge in [0.15, 0.2) is 0 Å². The van der Waals surface area contributed by atoms with Gasteiger partial charge in [-0.3, -0.25) is 0 Å². The van der Waals surface area contributed by atoms with E-state index >= 15 is 0 Å². The summed E-state index contributed by atoms with van der Waals surface area (Å²) in [6.45, 7) is 0.648. The highest BCUT2D eigenvalue weighted by molar-refractivity contribution is 7.89. The summed E-state index contributed by atoms with van der Waals surface area (Å²) >= 11 is 0. The van der Waals surface area contributed by atoms with Gasteiger partial charge in [0.05, 0.1) is 12.5 Å². The largest absolute Gasteiger partial charge is 0.473 e. The molecule has 3 rings (SSSR count). The van der Waals surface area contributed by atoms with Gasteiger partial charge in [0.1, 0.15) is 11.5 Å². The van der Waals surface area contributed by atoms with Crippen molar-refractivity contribution in [2.75, 3.05) is 19.7 Å². The van der Waals surface area contributed by atoms with Crippen molar-refractivity contribution in [3.63, 3.8) is 0 Å². The van der Waals surface area contributed by atoms with Crippen LogP contribution in [-0.4, -0.2) is 43.4 Å². The molecule has 2 aliphatic rings. The average molecular weight is 341 g/mol. The minimum atomic E-state index is -3.50. The molecule has 1 aromatic rings. The van der Waals surface area contributed by atoms with Crippen molar-refractivity contribution in [2.45, 2.75) is 30.2 Å². The standard InChI is InChI=1S/C15H20FN3O3S/c16-6-12(7-17)10-22-15-4-3-14(8-18-15)23(20,21)19-9-11-1-2-13(19)5-11/h3-4,6,8,11,13H,1-2,5,7,9-10,17H2/b12-6-. The third-order valence-corrected chi connectivity index (χ3v) is 6.40. The van der Waals surface area contributed by atoms with Crippen LogP contribution in [0.1, 0.15) is 19.3 Å². The number of nitrogens with zero attached hydrogens (tertiary/aromatic N) is 2. The first-order chi connectivity index (χ1) is 11.0. The predicted molar refractivity (Wildman–Crippen MR) is 83.0 cm³/mol. The van der Waals surface area contributed by atoms with E-state index in [4.69, 9.17) is 10.5 Å². The Morgan fingerprint density at radius 3 is 2.83 bits per heavy atom. The fourth-order valence-electron chi connectivity index (χ4n) is 3.22. The number of pyridine rings is 1. The lowest BCUT2D eigenvalue weighted by atomic mass is 10.1. The zero-order valence-corrected chi connectivity index (χ0v) is 13.5. The second kappa shape index (κ2) is 6.54. The number of hydrogen-bond donors (Lipinski definition) is 1. The summed E-state index contributed by atoms with van der Waals surface area (Å²) in [7, 11) is -3.50. The normalized spacial score (nSPS) is 25.0. The Balaban J connectivity index is 1.69. The van der Waals surface area contributed by atoms with E-state index in [1.165, 1.54) is 18.3 Å². The molecule has 2 atom stereocenters. The second-order valence-corrected chi connectivity index (χ2v) is 7.89. The summed E-state index contributed by atoms with van der Waals surface area (Å²) in [6, 6.07) is 3.08. The maximum absolute atomic E-state index is 12.7. The van der Waals surface area contributed by atoms with Crippen molar-refractivity contribution < 1.29 is 17.5 Å². The summed E-state index contributed by atoms with van der Waals surface area (Å²) in [5.41, 5.74) is 5.64. The molecule has 0 radical (unpaired) electrons. The van der Waals surface area contributed by atoms with Crippen molar-refractivity contribution >= 4 is 10.0 Å². The number of sulfonamides is 1. The van der Waals surface area contributed by atoms with Gasteiger partial charge in [0.25, 0.3) is 0 Å². The van der Waals surface area contributed by atoms with Crippen LogP contribution in [-0.2, 0) is 10.0 Å². The molecule has 1 aromatic heterocycles. The van der Waals surface area contributed by atoms with Crippen LogP contribution < -0.4 is 10.5 Å². The molecule has 8 heteroatoms. The molecule has 2 fully saturated rings. The third-order valence-electron chi connectivity index (χ3n) is 4.50. The number of nitrogens with two attached hydrogens (primary N) is 1. The van der Waals surface area contributed by atoms with Gasteiger partial charge in [-0.2, -0.15) is 4.31 Å². The number of halogens is 1. The van der Waals surface area contributed by atoms with E-state index in [9.17, 15) is 12.8 Å². The number of hydrogen-bond acceptors (Lipinski definition) is 5. The van der Waals surface area contributed by atoms with Crippen molar-refractivity contribution in [3.8, 4) is 5.88 Å². The second-order valence-electron chi connectivity index (χ2n) is 6.00. The molecule has 1 aliphatic heterocycles. The molecule has 6 nitrogen and oxygen atoms in total. The average Bonchev–Trinajstić information content (AvgIpc) is 3.20. The Kier molecular flexibility index (Phi) is 4.65. The topological polar surface area (TPSA) is 85.5 Å². The molecule has 2 unspecified atom stereocenters. The molecule has 0 spiro atoms. The summed E-state index contributed by atoms with van der Waals surface area (Å²) in [5, 5.41) is 0. The third kappa shape index (κ3) is 3.24. The highest BCUT2D eigenvalue weighted by Crippen LogP contribution is 2.40. The van der Waals surface area contributed by atoms with Crippen LogP contribution in [0.4, 0.5) is 4.39 Å². The van der Waals surface area contributed by atoms with E-state index in [0.717, 1.165) is 19.3 Å². The molecular weight excluding hydrogens is 321 g/mol. The number of rotatable bonds is 6. The van der Waals surface area contributed by atoms with Crippen LogP contribution in [0.3, 0.4) is 0 Å². The lowest BCUT2D eigenvalue weighted by Crippen LogP contribution is -2.37. The van der Waals surface area contributed by atoms with Crippen LogP contribution in [0.25, 0.3) is 0 Å². The van der Waals surface area contributed by atoms with Crippen molar-refractivity contribution in [1.82, 2.24) is 9.29 Å². The first kappa shape index (κ1) is 16.4. The zero-order chi connectivity index (χ0) is 16.4. The van der Waals surface area contributed by atoms with Gasteiger partial charge < -0.3 is 10.5 Å². The fraction of sp³-hybridized carbons (Fsp3) is 0.533. The lowest BCUT2D eigenvalue weighted by molar-refractivity contribution is 0.330. The van der Waals surface area contributed by atoms with E-state index in [2.05, 4.69) is 4.98 Å². The summed E-state index contributed by atoms with van der Waals surface area (Å²) in [6.07, 6.45) is 4.72. The maximum Gasteiger partial charge on any atom is 0.244 e. The smallest absolute Gasteiger partial charge is 0.244 e. The van der Waals surface area contributed by atoms with Gasteiger partial charge in [-0.15, -0.1) is 0 Å². The van der Waals surface area contributed by atoms with Gasteiger partial charge in [0.2, 0.25) is 15.9 Å². The molecule has 23 heavy (non-hydrogen) atoms. The summed E-state index contributed by atoms with van der Waals surface area (Å²) in [5.74, 6) is 0.729. The number of fused-ring (bicyclic) bond motifs is 2. The molecule has 1 aliphatic carbocycles. The molecule has 2 heterocycles. The number of piperidine rings is 1. The van der Waals surface area contributed by atoms with Crippen LogP contribution in [0.15, 0.2) is 35.1 Å². The summed E-state index contributed by atoms with van der Waals surface area (Å²) < 4.78 is 44.6. The van der Waals surface area contributed by atoms with Crippen LogP contribution in [0, 0.1) is 5.92 Å². The van der Waals surface area contributed by atoms with Crippen LogP contribution >= 0.6 is 0 Å². The van der Waals surface area contributed by atoms with E-state index in [1.54, 1.807) is 4.31 Å². The predicted octanol–water partition coefficient (Wildman–Crippen LogP) is 1.45. The Hall–Kier alpha value is -1.51. The van der Waals surface area contributed by atoms with Crippen LogP contribution in [0.5, 0.6) is 5.88 Å². The Labute approximate surface area is 135 Å². The van der Waals surface area contributed by atoms with Gasteiger partial charge in [-0.05, 0) is 31.2 Å². The van der Waals surface area contributed by atoms with E-state index in [0.29, 0.717) is 24.4 Å². The first-order valence-electron chi connectivity index (χ1n) is 7.63. The van der Waals surface area contributed by atoms with E-state index in [1.807, 2.05) is 0 Å². The number of ether oxygens (including phenoxy) is 1. The maximum atomic E-state index is 12.7. The highest BCUT2D eigenvalue weighted by Gasteiger charge is 2.44. The molecule has 0 amide bonds. The fourth-order valence-corrected chi connectivity index (χ4v) is 4.90. The quantitative estimate of drug-likeness (QED) is 0.846. The molecule has 2 N–H and O–H groups in total. The Bertz CT molecular complexity index is 690. The van der Waals surface area contributed by atoms with Crippen molar-refractivity contribution in [2.24, 2.45) is 11.7 Å². The van der Waals surface area contributed by atoms with Gasteiger partial charge in [-0.25, -0.2) is 17.8 Å². The van der Waals surface area contributed by atoms with Gasteiger partial charge >= 0.3 is 0 Å². The molecule has 126 valence electrons. The van der Waals surface area contributed by atoms with Crippen molar-refractivity contribution in [1.29, 1.82) is 0 Å². The number of aromatic nitrogens is 1. The monoisotopic (exact) mass is 341 g/mol. The van der Waals surface area contributed by atoms with Crippen LogP contribution in [0.2, 0.25) is 0 Å². The SMILES string of the molecule is NC/C(=C/F)COc1ccc(S(=O)(=O)N2CC3CCC2C3)cn1. The Morgan fingerprint density at radius 2 is 2.30 bits per heavy atom. The minimum absolute atomic E-state index is 0.0119. The highest BCUT2D eigenvalue weighted by atomic mass is 32.2. The van der Waals surface area contributed by atoms with Gasteiger partial charge in [0, 0.05) is 30.8 Å². The van der Waals surface area contributed by atoms with Gasteiger partial charge in [-0.1, -0.05) is 0 Å². The molecular formula is C15H20FN3O3S. The summed E-state index contributed by atoms with van der Waals surface area (Å²) in [4.78, 5) is 4.16. The van der Waals surface area contributed by atoms with E-state index < -0.39 is 10.0 Å². The first-order valence-corrected chi connectivity index (χ1v) is 9.07. The van der Waals surface area contributed by atoms with E-state index in [-0.39, 0.29) is 30.0 Å². The molecule has 1 saturated heterocycles. The molecule has 1 saturated carbocycles. The van der Waals surface area contributed by atoms with Crippen molar-refractivity contribution in [3.05, 3.63) is 30.2 Å². The zero-order valence-electron chi connectivity index (χ0n) is 12.7. The minimum Gasteiger partial charge on any atom is -0.473 e. The molecule has 2 bridgehead atoms.